The number of halogens is 2. The molecule has 1 aliphatic heterocycles. The molecular weight excluding hydrogens is 432 g/mol. The van der Waals surface area contributed by atoms with E-state index in [2.05, 4.69) is 45.7 Å². The average molecular weight is 454 g/mol. The minimum absolute atomic E-state index is 0.764. The molecule has 1 aliphatic rings. The monoisotopic (exact) mass is 452 g/mol. The normalized spacial score (nSPS) is 12.2. The van der Waals surface area contributed by atoms with Gasteiger partial charge in [-0.25, -0.2) is 0 Å². The molecule has 128 valence electrons. The first-order chi connectivity index (χ1) is 11.7. The van der Waals surface area contributed by atoms with Gasteiger partial charge < -0.3 is 9.47 Å². The van der Waals surface area contributed by atoms with Gasteiger partial charge >= 0.3 is 0 Å². The highest BCUT2D eigenvalue weighted by molar-refractivity contribution is 9.13. The summed E-state index contributed by atoms with van der Waals surface area (Å²) in [4.78, 5) is 0. The van der Waals surface area contributed by atoms with Crippen molar-refractivity contribution in [3.05, 3.63) is 44.3 Å². The van der Waals surface area contributed by atoms with E-state index in [0.717, 1.165) is 57.6 Å². The molecule has 2 nitrogen and oxygen atoms in total. The first-order valence-electron chi connectivity index (χ1n) is 8.64. The minimum Gasteiger partial charge on any atom is -0.449 e. The van der Waals surface area contributed by atoms with Gasteiger partial charge in [0.15, 0.2) is 23.0 Å². The van der Waals surface area contributed by atoms with Crippen molar-refractivity contribution in [3.63, 3.8) is 0 Å². The Labute approximate surface area is 160 Å². The number of unbranched alkanes of at least 4 members (excludes halogenated alkanes) is 2. The van der Waals surface area contributed by atoms with Crippen LogP contribution in [-0.2, 0) is 12.8 Å². The second kappa shape index (κ2) is 7.92. The van der Waals surface area contributed by atoms with E-state index < -0.39 is 0 Å². The van der Waals surface area contributed by atoms with Crippen LogP contribution >= 0.6 is 31.9 Å². The molecule has 0 atom stereocenters. The SMILES string of the molecule is CCCCc1c(Br)c(Br)c2c(c1CCCC)Oc1ccccc1O2. The van der Waals surface area contributed by atoms with Crippen molar-refractivity contribution < 1.29 is 9.47 Å². The molecule has 0 unspecified atom stereocenters. The van der Waals surface area contributed by atoms with Crippen molar-refractivity contribution in [2.24, 2.45) is 0 Å². The van der Waals surface area contributed by atoms with E-state index in [0.29, 0.717) is 0 Å². The highest BCUT2D eigenvalue weighted by Gasteiger charge is 2.28. The summed E-state index contributed by atoms with van der Waals surface area (Å²) in [5.74, 6) is 3.22. The van der Waals surface area contributed by atoms with Gasteiger partial charge in [0.05, 0.1) is 4.47 Å². The summed E-state index contributed by atoms with van der Waals surface area (Å²) in [5.41, 5.74) is 2.63. The number of ether oxygens (including phenoxy) is 2. The summed E-state index contributed by atoms with van der Waals surface area (Å²) in [6, 6.07) is 7.84. The largest absolute Gasteiger partial charge is 0.449 e. The maximum atomic E-state index is 6.29. The quantitative estimate of drug-likeness (QED) is 0.379. The Kier molecular flexibility index (Phi) is 5.88. The van der Waals surface area contributed by atoms with Crippen LogP contribution in [0.4, 0.5) is 0 Å². The molecule has 0 spiro atoms. The van der Waals surface area contributed by atoms with Crippen molar-refractivity contribution in [3.8, 4) is 23.0 Å². The molecule has 0 bridgehead atoms. The van der Waals surface area contributed by atoms with Crippen LogP contribution in [0.1, 0.15) is 50.7 Å². The van der Waals surface area contributed by atoms with Crippen LogP contribution in [0.3, 0.4) is 0 Å². The van der Waals surface area contributed by atoms with E-state index in [-0.39, 0.29) is 0 Å². The fourth-order valence-electron chi connectivity index (χ4n) is 3.01. The van der Waals surface area contributed by atoms with Crippen LogP contribution in [0.25, 0.3) is 0 Å². The second-order valence-electron chi connectivity index (χ2n) is 6.10. The summed E-state index contributed by atoms with van der Waals surface area (Å²) in [6.45, 7) is 4.45. The van der Waals surface area contributed by atoms with E-state index in [1.165, 1.54) is 24.0 Å². The molecule has 0 radical (unpaired) electrons. The molecule has 0 amide bonds. The summed E-state index contributed by atoms with van der Waals surface area (Å²) in [6.07, 6.45) is 6.70. The summed E-state index contributed by atoms with van der Waals surface area (Å²) >= 11 is 7.50. The van der Waals surface area contributed by atoms with Gasteiger partial charge in [0.2, 0.25) is 0 Å². The Bertz CT molecular complexity index is 741. The Balaban J connectivity index is 2.12. The molecule has 3 rings (SSSR count). The van der Waals surface area contributed by atoms with E-state index in [1.807, 2.05) is 24.3 Å². The lowest BCUT2D eigenvalue weighted by atomic mass is 9.96. The van der Waals surface area contributed by atoms with Gasteiger partial charge in [0.25, 0.3) is 0 Å². The zero-order chi connectivity index (χ0) is 17.1. The lowest BCUT2D eigenvalue weighted by molar-refractivity contribution is 0.353. The molecule has 0 aliphatic carbocycles. The van der Waals surface area contributed by atoms with Gasteiger partial charge in [-0.3, -0.25) is 0 Å². The Morgan fingerprint density at radius 3 is 1.88 bits per heavy atom. The number of hydrogen-bond acceptors (Lipinski definition) is 2. The lowest BCUT2D eigenvalue weighted by Gasteiger charge is -2.27. The third kappa shape index (κ3) is 3.36. The third-order valence-corrected chi connectivity index (χ3v) is 6.50. The number of fused-ring (bicyclic) bond motifs is 2. The number of rotatable bonds is 6. The highest BCUT2D eigenvalue weighted by atomic mass is 79.9. The predicted molar refractivity (Wildman–Crippen MR) is 106 cm³/mol. The summed E-state index contributed by atoms with van der Waals surface area (Å²) in [7, 11) is 0. The van der Waals surface area contributed by atoms with Crippen molar-refractivity contribution in [1.82, 2.24) is 0 Å². The fourth-order valence-corrected chi connectivity index (χ4v) is 4.13. The topological polar surface area (TPSA) is 18.5 Å². The Morgan fingerprint density at radius 1 is 0.750 bits per heavy atom. The molecule has 0 fully saturated rings. The number of benzene rings is 2. The smallest absolute Gasteiger partial charge is 0.185 e. The van der Waals surface area contributed by atoms with Crippen molar-refractivity contribution >= 4 is 31.9 Å². The van der Waals surface area contributed by atoms with Gasteiger partial charge in [-0.1, -0.05) is 38.8 Å². The first kappa shape index (κ1) is 17.8. The minimum atomic E-state index is 0.764. The van der Waals surface area contributed by atoms with Gasteiger partial charge in [-0.15, -0.1) is 0 Å². The van der Waals surface area contributed by atoms with Crippen LogP contribution in [0, 0.1) is 0 Å². The standard InChI is InChI=1S/C20H22Br2O2/c1-3-5-9-13-14(10-6-4-2)19-20(18(22)17(13)21)24-16-12-8-7-11-15(16)23-19/h7-8,11-12H,3-6,9-10H2,1-2H3. The number of para-hydroxylation sites is 2. The molecule has 0 saturated carbocycles. The zero-order valence-corrected chi connectivity index (χ0v) is 17.3. The molecule has 0 N–H and O–H groups in total. The zero-order valence-electron chi connectivity index (χ0n) is 14.1. The maximum Gasteiger partial charge on any atom is 0.185 e. The van der Waals surface area contributed by atoms with Crippen LogP contribution in [0.5, 0.6) is 23.0 Å². The average Bonchev–Trinajstić information content (AvgIpc) is 2.61. The highest BCUT2D eigenvalue weighted by Crippen LogP contribution is 2.54. The fraction of sp³-hybridized carbons (Fsp3) is 0.400. The van der Waals surface area contributed by atoms with E-state index in [1.54, 1.807) is 0 Å². The molecule has 0 saturated heterocycles. The number of hydrogen-bond donors (Lipinski definition) is 0. The van der Waals surface area contributed by atoms with Crippen LogP contribution in [0.15, 0.2) is 33.2 Å². The van der Waals surface area contributed by atoms with Gasteiger partial charge in [0.1, 0.15) is 0 Å². The van der Waals surface area contributed by atoms with E-state index in [9.17, 15) is 0 Å². The molecule has 4 heteroatoms. The van der Waals surface area contributed by atoms with Crippen LogP contribution in [0.2, 0.25) is 0 Å². The molecule has 24 heavy (non-hydrogen) atoms. The van der Waals surface area contributed by atoms with Crippen LogP contribution < -0.4 is 9.47 Å². The lowest BCUT2D eigenvalue weighted by Crippen LogP contribution is -2.07. The van der Waals surface area contributed by atoms with Crippen molar-refractivity contribution in [2.45, 2.75) is 52.4 Å². The second-order valence-corrected chi connectivity index (χ2v) is 7.69. The molecule has 1 heterocycles. The molecule has 2 aromatic rings. The van der Waals surface area contributed by atoms with E-state index >= 15 is 0 Å². The van der Waals surface area contributed by atoms with Gasteiger partial charge in [-0.05, 0) is 75.2 Å². The van der Waals surface area contributed by atoms with Gasteiger partial charge in [0, 0.05) is 10.0 Å². The van der Waals surface area contributed by atoms with Crippen molar-refractivity contribution in [1.29, 1.82) is 0 Å². The van der Waals surface area contributed by atoms with Crippen molar-refractivity contribution in [2.75, 3.05) is 0 Å². The molecule has 2 aromatic carbocycles. The van der Waals surface area contributed by atoms with Crippen LogP contribution in [-0.4, -0.2) is 0 Å². The summed E-state index contributed by atoms with van der Waals surface area (Å²) < 4.78 is 14.5. The predicted octanol–water partition coefficient (Wildman–Crippen LogP) is 7.79. The van der Waals surface area contributed by atoms with E-state index in [4.69, 9.17) is 9.47 Å². The molecular formula is C20H22Br2O2. The Morgan fingerprint density at radius 2 is 1.29 bits per heavy atom. The molecule has 0 aromatic heterocycles. The summed E-state index contributed by atoms with van der Waals surface area (Å²) in [5, 5.41) is 0. The first-order valence-corrected chi connectivity index (χ1v) is 10.2. The third-order valence-electron chi connectivity index (χ3n) is 4.34. The van der Waals surface area contributed by atoms with Gasteiger partial charge in [-0.2, -0.15) is 0 Å². The maximum absolute atomic E-state index is 6.29. The Hall–Kier alpha value is -1.00.